The quantitative estimate of drug-likeness (QED) is 0.209. The van der Waals surface area contributed by atoms with Crippen LogP contribution in [0.5, 0.6) is 5.75 Å². The third-order valence-electron chi connectivity index (χ3n) is 4.80. The summed E-state index contributed by atoms with van der Waals surface area (Å²) in [4.78, 5) is 25.6. The minimum atomic E-state index is -1.38. The fourth-order valence-electron chi connectivity index (χ4n) is 3.26. The van der Waals surface area contributed by atoms with Gasteiger partial charge >= 0.3 is 5.97 Å². The van der Waals surface area contributed by atoms with Gasteiger partial charge in [0.1, 0.15) is 17.6 Å². The molecule has 0 saturated heterocycles. The second-order valence-corrected chi connectivity index (χ2v) is 8.37. The van der Waals surface area contributed by atoms with Crippen LogP contribution >= 0.6 is 0 Å². The fourth-order valence-corrected chi connectivity index (χ4v) is 3.95. The molecule has 0 fully saturated rings. The molecule has 0 radical (unpaired) electrons. The highest BCUT2D eigenvalue weighted by molar-refractivity contribution is 7.91. The van der Waals surface area contributed by atoms with Crippen LogP contribution in [0.4, 0.5) is 0 Å². The molecule has 3 rings (SSSR count). The molecule has 30 heavy (non-hydrogen) atoms. The van der Waals surface area contributed by atoms with Crippen molar-refractivity contribution in [3.8, 4) is 5.75 Å². The lowest BCUT2D eigenvalue weighted by Crippen LogP contribution is -2.09. The summed E-state index contributed by atoms with van der Waals surface area (Å²) in [6.07, 6.45) is 5.79. The minimum Gasteiger partial charge on any atom is -0.612 e. The largest absolute Gasteiger partial charge is 0.612 e. The lowest BCUT2D eigenvalue weighted by Gasteiger charge is -2.12. The van der Waals surface area contributed by atoms with Crippen LogP contribution in [0, 0.1) is 0 Å². The summed E-state index contributed by atoms with van der Waals surface area (Å²) in [5, 5.41) is 0.542. The summed E-state index contributed by atoms with van der Waals surface area (Å²) in [6.45, 7) is 4.63. The van der Waals surface area contributed by atoms with Crippen LogP contribution in [0.15, 0.2) is 44.4 Å². The van der Waals surface area contributed by atoms with E-state index in [9.17, 15) is 14.1 Å². The van der Waals surface area contributed by atoms with Gasteiger partial charge in [-0.15, -0.1) is 0 Å². The summed E-state index contributed by atoms with van der Waals surface area (Å²) < 4.78 is 29.1. The van der Waals surface area contributed by atoms with E-state index < -0.39 is 17.1 Å². The van der Waals surface area contributed by atoms with E-state index in [0.717, 1.165) is 25.7 Å². The molecule has 1 aromatic heterocycles. The first-order chi connectivity index (χ1) is 14.5. The van der Waals surface area contributed by atoms with Gasteiger partial charge in [-0.25, -0.2) is 4.79 Å². The number of benzene rings is 2. The van der Waals surface area contributed by atoms with Gasteiger partial charge in [0.25, 0.3) is 0 Å². The predicted octanol–water partition coefficient (Wildman–Crippen LogP) is 4.82. The van der Waals surface area contributed by atoms with Gasteiger partial charge in [0, 0.05) is 6.07 Å². The van der Waals surface area contributed by atoms with Crippen molar-refractivity contribution >= 4 is 39.1 Å². The van der Waals surface area contributed by atoms with E-state index in [1.54, 1.807) is 31.2 Å². The van der Waals surface area contributed by atoms with Gasteiger partial charge in [-0.2, -0.15) is 0 Å². The first-order valence-corrected chi connectivity index (χ1v) is 11.7. The zero-order valence-corrected chi connectivity index (χ0v) is 18.3. The Morgan fingerprint density at radius 3 is 2.60 bits per heavy atom. The Bertz CT molecular complexity index is 1100. The number of esters is 1. The Balaban J connectivity index is 2.07. The van der Waals surface area contributed by atoms with E-state index >= 15 is 0 Å². The van der Waals surface area contributed by atoms with Crippen molar-refractivity contribution in [3.05, 3.63) is 46.1 Å². The fraction of sp³-hybridized carbons (Fsp3) is 0.391. The summed E-state index contributed by atoms with van der Waals surface area (Å²) in [5.74, 6) is -0.0178. The summed E-state index contributed by atoms with van der Waals surface area (Å²) in [7, 11) is 0. The molecule has 3 aromatic rings. The molecule has 0 aliphatic carbocycles. The molecule has 0 bridgehead atoms. The van der Waals surface area contributed by atoms with Crippen molar-refractivity contribution < 1.29 is 23.2 Å². The molecule has 160 valence electrons. The molecule has 7 heteroatoms. The van der Waals surface area contributed by atoms with Gasteiger partial charge in [-0.3, -0.25) is 4.79 Å². The molecule has 0 saturated carbocycles. The molecule has 1 heterocycles. The average molecular weight is 431 g/mol. The van der Waals surface area contributed by atoms with Crippen LogP contribution in [-0.2, 0) is 15.9 Å². The Kier molecular flexibility index (Phi) is 7.39. The standard InChI is InChI=1S/C23H26O6S/c1-4-6-7-8-11-28-16-13-18-21(24)17-12-15(23(25)27-5-2)9-10-19(17)29-22(18)20(14-16)30(3)26/h9-10,12-14H,4-8,11H2,1-3H3. The molecule has 0 N–H and O–H groups in total. The number of ether oxygens (including phenoxy) is 2. The van der Waals surface area contributed by atoms with Crippen LogP contribution in [-0.4, -0.2) is 30.0 Å². The molecule has 1 unspecified atom stereocenters. The lowest BCUT2D eigenvalue weighted by molar-refractivity contribution is 0.0526. The third-order valence-corrected chi connectivity index (χ3v) is 5.72. The molecule has 0 spiro atoms. The van der Waals surface area contributed by atoms with E-state index in [2.05, 4.69) is 6.92 Å². The first kappa shape index (κ1) is 22.2. The number of unbranched alkanes of at least 4 members (excludes halogenated alkanes) is 3. The summed E-state index contributed by atoms with van der Waals surface area (Å²) in [5.41, 5.74) is 0.565. The summed E-state index contributed by atoms with van der Waals surface area (Å²) >= 11 is -1.38. The number of fused-ring (bicyclic) bond motifs is 2. The Hall–Kier alpha value is -2.51. The second kappa shape index (κ2) is 10.00. The van der Waals surface area contributed by atoms with Crippen LogP contribution in [0.25, 0.3) is 21.9 Å². The Labute approximate surface area is 178 Å². The minimum absolute atomic E-state index is 0.244. The van der Waals surface area contributed by atoms with Crippen molar-refractivity contribution in [1.29, 1.82) is 0 Å². The SMILES string of the molecule is CCCCCCOc1cc([S+](C)[O-])c2oc3ccc(C(=O)OCC)cc3c(=O)c2c1. The van der Waals surface area contributed by atoms with Gasteiger partial charge in [0.2, 0.25) is 5.43 Å². The van der Waals surface area contributed by atoms with Gasteiger partial charge in [0.15, 0.2) is 10.5 Å². The van der Waals surface area contributed by atoms with Gasteiger partial charge < -0.3 is 18.4 Å². The van der Waals surface area contributed by atoms with Crippen molar-refractivity contribution in [2.45, 2.75) is 44.4 Å². The molecule has 6 nitrogen and oxygen atoms in total. The Morgan fingerprint density at radius 2 is 1.90 bits per heavy atom. The lowest BCUT2D eigenvalue weighted by atomic mass is 10.1. The number of rotatable bonds is 9. The molecule has 0 aliphatic rings. The van der Waals surface area contributed by atoms with Crippen LogP contribution < -0.4 is 10.2 Å². The predicted molar refractivity (Wildman–Crippen MR) is 118 cm³/mol. The van der Waals surface area contributed by atoms with E-state index in [-0.39, 0.29) is 34.0 Å². The van der Waals surface area contributed by atoms with Crippen LogP contribution in [0.3, 0.4) is 0 Å². The van der Waals surface area contributed by atoms with E-state index in [1.165, 1.54) is 12.3 Å². The van der Waals surface area contributed by atoms with E-state index in [0.29, 0.717) is 22.8 Å². The number of hydrogen-bond acceptors (Lipinski definition) is 6. The molecule has 0 aliphatic heterocycles. The molecule has 1 atom stereocenters. The highest BCUT2D eigenvalue weighted by Gasteiger charge is 2.20. The maximum absolute atomic E-state index is 13.2. The number of carbonyl (C=O) groups is 1. The van der Waals surface area contributed by atoms with Crippen LogP contribution in [0.1, 0.15) is 49.9 Å². The highest BCUT2D eigenvalue weighted by atomic mass is 32.2. The van der Waals surface area contributed by atoms with Gasteiger partial charge in [0.05, 0.1) is 29.5 Å². The van der Waals surface area contributed by atoms with Crippen molar-refractivity contribution in [2.75, 3.05) is 19.5 Å². The zero-order chi connectivity index (χ0) is 21.7. The van der Waals surface area contributed by atoms with Crippen molar-refractivity contribution in [3.63, 3.8) is 0 Å². The molecular formula is C23H26O6S. The maximum Gasteiger partial charge on any atom is 0.338 e. The topological polar surface area (TPSA) is 88.8 Å². The number of hydrogen-bond donors (Lipinski definition) is 0. The smallest absolute Gasteiger partial charge is 0.338 e. The highest BCUT2D eigenvalue weighted by Crippen LogP contribution is 2.30. The monoisotopic (exact) mass is 430 g/mol. The van der Waals surface area contributed by atoms with Crippen LogP contribution in [0.2, 0.25) is 0 Å². The normalized spacial score (nSPS) is 12.3. The zero-order valence-electron chi connectivity index (χ0n) is 17.5. The third kappa shape index (κ3) is 4.79. The second-order valence-electron chi connectivity index (χ2n) is 7.02. The molecular weight excluding hydrogens is 404 g/mol. The molecule has 0 amide bonds. The van der Waals surface area contributed by atoms with Crippen molar-refractivity contribution in [2.24, 2.45) is 0 Å². The van der Waals surface area contributed by atoms with E-state index in [4.69, 9.17) is 13.9 Å². The molecule has 2 aromatic carbocycles. The maximum atomic E-state index is 13.2. The number of carbonyl (C=O) groups excluding carboxylic acids is 1. The van der Waals surface area contributed by atoms with E-state index in [1.807, 2.05) is 0 Å². The summed E-state index contributed by atoms with van der Waals surface area (Å²) in [6, 6.07) is 7.86. The first-order valence-electron chi connectivity index (χ1n) is 10.1. The van der Waals surface area contributed by atoms with Gasteiger partial charge in [-0.1, -0.05) is 26.2 Å². The van der Waals surface area contributed by atoms with Gasteiger partial charge in [-0.05, 0) is 48.8 Å². The Morgan fingerprint density at radius 1 is 1.10 bits per heavy atom. The average Bonchev–Trinajstić information content (AvgIpc) is 2.73. The van der Waals surface area contributed by atoms with Crippen molar-refractivity contribution in [1.82, 2.24) is 0 Å².